The number of hydrogen-bond donors (Lipinski definition) is 1. The van der Waals surface area contributed by atoms with Crippen molar-refractivity contribution in [1.82, 2.24) is 5.32 Å². The topological polar surface area (TPSA) is 29.1 Å². The second-order valence-corrected chi connectivity index (χ2v) is 4.70. The van der Waals surface area contributed by atoms with E-state index in [4.69, 9.17) is 0 Å². The summed E-state index contributed by atoms with van der Waals surface area (Å²) >= 11 is 0. The van der Waals surface area contributed by atoms with Crippen molar-refractivity contribution in [2.75, 3.05) is 13.6 Å². The van der Waals surface area contributed by atoms with Crippen LogP contribution in [-0.4, -0.2) is 19.4 Å². The van der Waals surface area contributed by atoms with Gasteiger partial charge in [0, 0.05) is 12.0 Å². The first kappa shape index (κ1) is 12.8. The van der Waals surface area contributed by atoms with Gasteiger partial charge in [0.05, 0.1) is 0 Å². The quantitative estimate of drug-likeness (QED) is 0.642. The number of aryl methyl sites for hydroxylation is 1. The Morgan fingerprint density at radius 2 is 1.83 bits per heavy atom. The summed E-state index contributed by atoms with van der Waals surface area (Å²) in [6.07, 6.45) is 1.50. The van der Waals surface area contributed by atoms with Crippen LogP contribution in [0.1, 0.15) is 28.8 Å². The molecule has 0 unspecified atom stereocenters. The fraction of sp³-hybridized carbons (Fsp3) is 0.312. The first-order chi connectivity index (χ1) is 8.70. The van der Waals surface area contributed by atoms with Crippen LogP contribution < -0.4 is 5.32 Å². The molecule has 2 aromatic carbocycles. The highest BCUT2D eigenvalue weighted by Gasteiger charge is 2.06. The maximum atomic E-state index is 12.0. The van der Waals surface area contributed by atoms with Gasteiger partial charge in [-0.25, -0.2) is 0 Å². The van der Waals surface area contributed by atoms with Gasteiger partial charge in [-0.05, 0) is 43.8 Å². The summed E-state index contributed by atoms with van der Waals surface area (Å²) in [5, 5.41) is 5.39. The van der Waals surface area contributed by atoms with E-state index in [0.29, 0.717) is 6.42 Å². The van der Waals surface area contributed by atoms with Gasteiger partial charge in [0.25, 0.3) is 0 Å². The number of fused-ring (bicyclic) bond motifs is 1. The van der Waals surface area contributed by atoms with Gasteiger partial charge in [-0.3, -0.25) is 4.79 Å². The SMILES string of the molecule is CNCCCC(=O)c1ccc2cc(C)ccc2c1. The third kappa shape index (κ3) is 2.96. The number of Topliss-reactive ketones (excluding diaryl/α,β-unsaturated/α-hetero) is 1. The zero-order valence-electron chi connectivity index (χ0n) is 11.0. The summed E-state index contributed by atoms with van der Waals surface area (Å²) in [5.74, 6) is 0.229. The van der Waals surface area contributed by atoms with Crippen LogP contribution in [0.3, 0.4) is 0 Å². The lowest BCUT2D eigenvalue weighted by Gasteiger charge is -2.04. The molecule has 0 saturated heterocycles. The number of carbonyl (C=O) groups is 1. The lowest BCUT2D eigenvalue weighted by molar-refractivity contribution is 0.0980. The van der Waals surface area contributed by atoms with Gasteiger partial charge in [0.1, 0.15) is 0 Å². The average molecular weight is 241 g/mol. The number of carbonyl (C=O) groups excluding carboxylic acids is 1. The molecule has 0 aromatic heterocycles. The Morgan fingerprint density at radius 3 is 2.61 bits per heavy atom. The standard InChI is InChI=1S/C16H19NO/c1-12-5-6-14-11-15(8-7-13(14)10-12)16(18)4-3-9-17-2/h5-8,10-11,17H,3-4,9H2,1-2H3. The van der Waals surface area contributed by atoms with Crippen LogP contribution in [-0.2, 0) is 0 Å². The van der Waals surface area contributed by atoms with Crippen molar-refractivity contribution in [3.05, 3.63) is 47.5 Å². The van der Waals surface area contributed by atoms with Crippen molar-refractivity contribution in [3.8, 4) is 0 Å². The summed E-state index contributed by atoms with van der Waals surface area (Å²) < 4.78 is 0. The van der Waals surface area contributed by atoms with E-state index in [1.807, 2.05) is 25.2 Å². The van der Waals surface area contributed by atoms with Crippen molar-refractivity contribution >= 4 is 16.6 Å². The van der Waals surface area contributed by atoms with Gasteiger partial charge < -0.3 is 5.32 Å². The molecular weight excluding hydrogens is 222 g/mol. The first-order valence-corrected chi connectivity index (χ1v) is 6.39. The normalized spacial score (nSPS) is 10.8. The molecule has 0 bridgehead atoms. The van der Waals surface area contributed by atoms with Crippen molar-refractivity contribution in [3.63, 3.8) is 0 Å². The van der Waals surface area contributed by atoms with Crippen LogP contribution in [0.2, 0.25) is 0 Å². The highest BCUT2D eigenvalue weighted by atomic mass is 16.1. The molecule has 0 fully saturated rings. The predicted molar refractivity (Wildman–Crippen MR) is 76.2 cm³/mol. The minimum Gasteiger partial charge on any atom is -0.320 e. The molecule has 0 heterocycles. The van der Waals surface area contributed by atoms with Gasteiger partial charge in [-0.2, -0.15) is 0 Å². The molecule has 0 atom stereocenters. The molecule has 94 valence electrons. The summed E-state index contributed by atoms with van der Waals surface area (Å²) in [6.45, 7) is 2.97. The Kier molecular flexibility index (Phi) is 4.11. The Bertz CT molecular complexity index is 560. The molecule has 2 nitrogen and oxygen atoms in total. The van der Waals surface area contributed by atoms with Gasteiger partial charge >= 0.3 is 0 Å². The van der Waals surface area contributed by atoms with E-state index in [9.17, 15) is 4.79 Å². The fourth-order valence-corrected chi connectivity index (χ4v) is 2.11. The highest BCUT2D eigenvalue weighted by Crippen LogP contribution is 2.18. The van der Waals surface area contributed by atoms with Gasteiger partial charge in [0.2, 0.25) is 0 Å². The number of rotatable bonds is 5. The number of nitrogens with one attached hydrogen (secondary N) is 1. The van der Waals surface area contributed by atoms with Crippen LogP contribution in [0.15, 0.2) is 36.4 Å². The number of hydrogen-bond acceptors (Lipinski definition) is 2. The van der Waals surface area contributed by atoms with Gasteiger partial charge in [-0.15, -0.1) is 0 Å². The van der Waals surface area contributed by atoms with Crippen LogP contribution in [0.5, 0.6) is 0 Å². The van der Waals surface area contributed by atoms with E-state index in [2.05, 4.69) is 30.4 Å². The van der Waals surface area contributed by atoms with E-state index < -0.39 is 0 Å². The zero-order valence-corrected chi connectivity index (χ0v) is 11.0. The molecule has 0 aliphatic carbocycles. The van der Waals surface area contributed by atoms with Gasteiger partial charge in [0.15, 0.2) is 5.78 Å². The molecule has 2 rings (SSSR count). The second-order valence-electron chi connectivity index (χ2n) is 4.70. The largest absolute Gasteiger partial charge is 0.320 e. The van der Waals surface area contributed by atoms with Crippen molar-refractivity contribution in [2.24, 2.45) is 0 Å². The molecular formula is C16H19NO. The third-order valence-electron chi connectivity index (χ3n) is 3.15. The van der Waals surface area contributed by atoms with E-state index in [-0.39, 0.29) is 5.78 Å². The first-order valence-electron chi connectivity index (χ1n) is 6.39. The minimum absolute atomic E-state index is 0.229. The fourth-order valence-electron chi connectivity index (χ4n) is 2.11. The lowest BCUT2D eigenvalue weighted by atomic mass is 10.0. The lowest BCUT2D eigenvalue weighted by Crippen LogP contribution is -2.10. The van der Waals surface area contributed by atoms with E-state index in [1.54, 1.807) is 0 Å². The molecule has 18 heavy (non-hydrogen) atoms. The molecule has 0 spiro atoms. The smallest absolute Gasteiger partial charge is 0.162 e. The maximum Gasteiger partial charge on any atom is 0.162 e. The Morgan fingerprint density at radius 1 is 1.11 bits per heavy atom. The molecule has 0 aliphatic heterocycles. The molecule has 0 radical (unpaired) electrons. The average Bonchev–Trinajstić information content (AvgIpc) is 2.38. The van der Waals surface area contributed by atoms with Crippen molar-refractivity contribution < 1.29 is 4.79 Å². The van der Waals surface area contributed by atoms with Gasteiger partial charge in [-0.1, -0.05) is 35.9 Å². The zero-order chi connectivity index (χ0) is 13.0. The molecule has 2 aromatic rings. The van der Waals surface area contributed by atoms with E-state index in [1.165, 1.54) is 10.9 Å². The predicted octanol–water partition coefficient (Wildman–Crippen LogP) is 3.33. The maximum absolute atomic E-state index is 12.0. The second kappa shape index (κ2) is 5.78. The summed E-state index contributed by atoms with van der Waals surface area (Å²) in [6, 6.07) is 12.3. The Hall–Kier alpha value is -1.67. The minimum atomic E-state index is 0.229. The number of ketones is 1. The van der Waals surface area contributed by atoms with Crippen LogP contribution in [0.25, 0.3) is 10.8 Å². The molecule has 0 saturated carbocycles. The summed E-state index contributed by atoms with van der Waals surface area (Å²) in [5.41, 5.74) is 2.07. The van der Waals surface area contributed by atoms with E-state index in [0.717, 1.165) is 23.9 Å². The highest BCUT2D eigenvalue weighted by molar-refractivity contribution is 6.00. The number of benzene rings is 2. The summed E-state index contributed by atoms with van der Waals surface area (Å²) in [7, 11) is 1.91. The summed E-state index contributed by atoms with van der Waals surface area (Å²) in [4.78, 5) is 12.0. The van der Waals surface area contributed by atoms with Crippen molar-refractivity contribution in [1.29, 1.82) is 0 Å². The van der Waals surface area contributed by atoms with Crippen molar-refractivity contribution in [2.45, 2.75) is 19.8 Å². The van der Waals surface area contributed by atoms with Crippen LogP contribution in [0.4, 0.5) is 0 Å². The van der Waals surface area contributed by atoms with E-state index >= 15 is 0 Å². The van der Waals surface area contributed by atoms with Crippen LogP contribution in [0, 0.1) is 6.92 Å². The molecule has 0 aliphatic rings. The monoisotopic (exact) mass is 241 g/mol. The molecule has 2 heteroatoms. The Balaban J connectivity index is 2.19. The molecule has 0 amide bonds. The third-order valence-corrected chi connectivity index (χ3v) is 3.15. The Labute approximate surface area is 108 Å². The van der Waals surface area contributed by atoms with Crippen LogP contribution >= 0.6 is 0 Å². The molecule has 1 N–H and O–H groups in total.